The second kappa shape index (κ2) is 6.18. The van der Waals surface area contributed by atoms with Crippen molar-refractivity contribution in [3.05, 3.63) is 41.4 Å². The molecular weight excluding hydrogens is 268 g/mol. The predicted octanol–water partition coefficient (Wildman–Crippen LogP) is 1.24. The van der Waals surface area contributed by atoms with Gasteiger partial charge in [0.1, 0.15) is 30.9 Å². The summed E-state index contributed by atoms with van der Waals surface area (Å²) in [5.41, 5.74) is 0. The highest BCUT2D eigenvalue weighted by Gasteiger charge is 2.08. The Hall–Kier alpha value is -2.10. The highest BCUT2D eigenvalue weighted by Crippen LogP contribution is 2.15. The van der Waals surface area contributed by atoms with Crippen molar-refractivity contribution in [3.63, 3.8) is 0 Å². The Bertz CT molecular complexity index is 576. The Kier molecular flexibility index (Phi) is 4.34. The molecule has 6 nitrogen and oxygen atoms in total. The molecule has 1 atom stereocenters. The summed E-state index contributed by atoms with van der Waals surface area (Å²) in [6.45, 7) is 0.325. The molecule has 0 aliphatic rings. The van der Waals surface area contributed by atoms with Gasteiger partial charge in [0.2, 0.25) is 0 Å². The lowest BCUT2D eigenvalue weighted by atomic mass is 10.3. The molecule has 19 heavy (non-hydrogen) atoms. The SMILES string of the molecule is N#Cc1ncn(CC(O)COc2ccc(Cl)cc2)n1. The maximum Gasteiger partial charge on any atom is 0.252 e. The molecule has 0 radical (unpaired) electrons. The highest BCUT2D eigenvalue weighted by molar-refractivity contribution is 6.30. The van der Waals surface area contributed by atoms with Crippen LogP contribution < -0.4 is 4.74 Å². The summed E-state index contributed by atoms with van der Waals surface area (Å²) in [5, 5.41) is 22.8. The van der Waals surface area contributed by atoms with Crippen molar-refractivity contribution in [2.45, 2.75) is 12.6 Å². The average molecular weight is 279 g/mol. The molecule has 1 N–H and O–H groups in total. The number of hydrogen-bond acceptors (Lipinski definition) is 5. The molecule has 0 fully saturated rings. The molecule has 0 amide bonds. The Morgan fingerprint density at radius 1 is 1.42 bits per heavy atom. The van der Waals surface area contributed by atoms with E-state index in [1.54, 1.807) is 24.3 Å². The Labute approximate surface area is 114 Å². The number of halogens is 1. The zero-order valence-electron chi connectivity index (χ0n) is 9.90. The van der Waals surface area contributed by atoms with E-state index in [4.69, 9.17) is 21.6 Å². The zero-order chi connectivity index (χ0) is 13.7. The molecule has 0 saturated carbocycles. The van der Waals surface area contributed by atoms with Gasteiger partial charge in [-0.3, -0.25) is 0 Å². The predicted molar refractivity (Wildman–Crippen MR) is 67.7 cm³/mol. The van der Waals surface area contributed by atoms with Crippen molar-refractivity contribution in [2.24, 2.45) is 0 Å². The normalized spacial score (nSPS) is 11.8. The summed E-state index contributed by atoms with van der Waals surface area (Å²) in [5.74, 6) is 0.700. The van der Waals surface area contributed by atoms with Crippen LogP contribution in [0, 0.1) is 11.3 Å². The molecule has 0 bridgehead atoms. The first-order valence-electron chi connectivity index (χ1n) is 5.53. The third-order valence-electron chi connectivity index (χ3n) is 2.29. The molecule has 98 valence electrons. The van der Waals surface area contributed by atoms with Gasteiger partial charge in [-0.15, -0.1) is 5.10 Å². The van der Waals surface area contributed by atoms with Crippen LogP contribution in [0.25, 0.3) is 0 Å². The molecule has 1 unspecified atom stereocenters. The minimum Gasteiger partial charge on any atom is -0.491 e. The minimum absolute atomic E-state index is 0.0748. The first-order chi connectivity index (χ1) is 9.17. The van der Waals surface area contributed by atoms with E-state index in [9.17, 15) is 5.11 Å². The van der Waals surface area contributed by atoms with Crippen LogP contribution in [0.1, 0.15) is 5.82 Å². The van der Waals surface area contributed by atoms with Gasteiger partial charge in [0, 0.05) is 5.02 Å². The summed E-state index contributed by atoms with van der Waals surface area (Å²) < 4.78 is 6.79. The number of benzene rings is 1. The van der Waals surface area contributed by atoms with E-state index >= 15 is 0 Å². The topological polar surface area (TPSA) is 84.0 Å². The van der Waals surface area contributed by atoms with Crippen LogP contribution in [0.2, 0.25) is 5.02 Å². The number of aliphatic hydroxyl groups is 1. The fourth-order valence-corrected chi connectivity index (χ4v) is 1.55. The smallest absolute Gasteiger partial charge is 0.252 e. The lowest BCUT2D eigenvalue weighted by molar-refractivity contribution is 0.0892. The molecule has 2 rings (SSSR count). The minimum atomic E-state index is -0.746. The maximum absolute atomic E-state index is 9.78. The van der Waals surface area contributed by atoms with E-state index in [2.05, 4.69) is 10.1 Å². The van der Waals surface area contributed by atoms with Gasteiger partial charge in [-0.05, 0) is 24.3 Å². The highest BCUT2D eigenvalue weighted by atomic mass is 35.5. The van der Waals surface area contributed by atoms with E-state index < -0.39 is 6.10 Å². The molecule has 0 aliphatic carbocycles. The average Bonchev–Trinajstić information content (AvgIpc) is 2.86. The van der Waals surface area contributed by atoms with Crippen LogP contribution in [0.5, 0.6) is 5.75 Å². The van der Waals surface area contributed by atoms with Crippen LogP contribution in [-0.4, -0.2) is 32.6 Å². The van der Waals surface area contributed by atoms with Crippen LogP contribution in [0.4, 0.5) is 0 Å². The number of aliphatic hydroxyl groups excluding tert-OH is 1. The Morgan fingerprint density at radius 3 is 2.79 bits per heavy atom. The van der Waals surface area contributed by atoms with Crippen molar-refractivity contribution >= 4 is 11.6 Å². The van der Waals surface area contributed by atoms with E-state index in [0.29, 0.717) is 10.8 Å². The maximum atomic E-state index is 9.78. The van der Waals surface area contributed by atoms with Gasteiger partial charge in [0.15, 0.2) is 0 Å². The number of hydrogen-bond donors (Lipinski definition) is 1. The second-order valence-corrected chi connectivity index (χ2v) is 4.26. The Balaban J connectivity index is 1.83. The monoisotopic (exact) mass is 278 g/mol. The molecule has 2 aromatic rings. The molecule has 1 aromatic carbocycles. The molecule has 1 heterocycles. The Morgan fingerprint density at radius 2 is 2.16 bits per heavy atom. The summed E-state index contributed by atoms with van der Waals surface area (Å²) in [6.07, 6.45) is 0.647. The third kappa shape index (κ3) is 3.95. The number of nitrogens with zero attached hydrogens (tertiary/aromatic N) is 4. The van der Waals surface area contributed by atoms with Gasteiger partial charge < -0.3 is 9.84 Å². The summed E-state index contributed by atoms with van der Waals surface area (Å²) in [6, 6.07) is 8.67. The first kappa shape index (κ1) is 13.3. The van der Waals surface area contributed by atoms with Gasteiger partial charge in [0.05, 0.1) is 6.54 Å². The molecule has 0 aliphatic heterocycles. The van der Waals surface area contributed by atoms with E-state index in [-0.39, 0.29) is 19.0 Å². The van der Waals surface area contributed by atoms with Gasteiger partial charge in [-0.25, -0.2) is 9.67 Å². The van der Waals surface area contributed by atoms with Crippen LogP contribution in [0.3, 0.4) is 0 Å². The fourth-order valence-electron chi connectivity index (χ4n) is 1.43. The largest absolute Gasteiger partial charge is 0.491 e. The van der Waals surface area contributed by atoms with Crippen LogP contribution in [-0.2, 0) is 6.54 Å². The molecule has 1 aromatic heterocycles. The second-order valence-electron chi connectivity index (χ2n) is 3.82. The van der Waals surface area contributed by atoms with Crippen molar-refractivity contribution in [1.82, 2.24) is 14.8 Å². The van der Waals surface area contributed by atoms with Crippen molar-refractivity contribution < 1.29 is 9.84 Å². The standard InChI is InChI=1S/C12H11ClN4O2/c13-9-1-3-11(4-2-9)19-7-10(18)6-17-8-15-12(5-14)16-17/h1-4,8,10,18H,6-7H2. The summed E-state index contributed by atoms with van der Waals surface area (Å²) in [4.78, 5) is 3.74. The number of rotatable bonds is 5. The zero-order valence-corrected chi connectivity index (χ0v) is 10.7. The van der Waals surface area contributed by atoms with E-state index in [1.165, 1.54) is 11.0 Å². The number of ether oxygens (including phenoxy) is 1. The lowest BCUT2D eigenvalue weighted by Crippen LogP contribution is -2.23. The quantitative estimate of drug-likeness (QED) is 0.890. The summed E-state index contributed by atoms with van der Waals surface area (Å²) >= 11 is 5.75. The van der Waals surface area contributed by atoms with Gasteiger partial charge in [-0.2, -0.15) is 5.26 Å². The number of nitriles is 1. The molecule has 0 spiro atoms. The van der Waals surface area contributed by atoms with Gasteiger partial charge in [-0.1, -0.05) is 11.6 Å². The van der Waals surface area contributed by atoms with Crippen molar-refractivity contribution in [3.8, 4) is 11.8 Å². The van der Waals surface area contributed by atoms with Gasteiger partial charge in [0.25, 0.3) is 5.82 Å². The van der Waals surface area contributed by atoms with Crippen molar-refractivity contribution in [2.75, 3.05) is 6.61 Å². The molecular formula is C12H11ClN4O2. The van der Waals surface area contributed by atoms with E-state index in [0.717, 1.165) is 0 Å². The van der Waals surface area contributed by atoms with E-state index in [1.807, 2.05) is 6.07 Å². The van der Waals surface area contributed by atoms with Crippen LogP contribution >= 0.6 is 11.6 Å². The number of aromatic nitrogens is 3. The molecule has 7 heteroatoms. The lowest BCUT2D eigenvalue weighted by Gasteiger charge is -2.12. The van der Waals surface area contributed by atoms with Crippen molar-refractivity contribution in [1.29, 1.82) is 5.26 Å². The van der Waals surface area contributed by atoms with Gasteiger partial charge >= 0.3 is 0 Å². The first-order valence-corrected chi connectivity index (χ1v) is 5.91. The third-order valence-corrected chi connectivity index (χ3v) is 2.54. The summed E-state index contributed by atoms with van der Waals surface area (Å²) in [7, 11) is 0. The van der Waals surface area contributed by atoms with Crippen LogP contribution in [0.15, 0.2) is 30.6 Å². The fraction of sp³-hybridized carbons (Fsp3) is 0.250. The molecule has 0 saturated heterocycles.